The largest absolute Gasteiger partial charge is 0.351 e. The second-order valence-corrected chi connectivity index (χ2v) is 7.85. The zero-order valence-electron chi connectivity index (χ0n) is 17.3. The second kappa shape index (κ2) is 9.22. The summed E-state index contributed by atoms with van der Waals surface area (Å²) in [4.78, 5) is 15.0. The molecule has 0 fully saturated rings. The van der Waals surface area contributed by atoms with Crippen LogP contribution in [-0.4, -0.2) is 40.7 Å². The van der Waals surface area contributed by atoms with Gasteiger partial charge in [0.25, 0.3) is 5.91 Å². The van der Waals surface area contributed by atoms with Crippen molar-refractivity contribution in [1.29, 1.82) is 0 Å². The van der Waals surface area contributed by atoms with Gasteiger partial charge in [-0.3, -0.25) is 4.79 Å². The lowest BCUT2D eigenvalue weighted by molar-refractivity contribution is 0.0945. The van der Waals surface area contributed by atoms with Gasteiger partial charge >= 0.3 is 0 Å². The summed E-state index contributed by atoms with van der Waals surface area (Å²) in [6.45, 7) is 2.40. The van der Waals surface area contributed by atoms with Gasteiger partial charge < -0.3 is 10.2 Å². The van der Waals surface area contributed by atoms with Crippen molar-refractivity contribution in [2.24, 2.45) is 0 Å². The van der Waals surface area contributed by atoms with Crippen molar-refractivity contribution in [2.45, 2.75) is 32.2 Å². The predicted molar refractivity (Wildman–Crippen MR) is 115 cm³/mol. The fourth-order valence-corrected chi connectivity index (χ4v) is 4.02. The average Bonchev–Trinajstić information content (AvgIpc) is 3.35. The summed E-state index contributed by atoms with van der Waals surface area (Å²) >= 11 is 0. The standard InChI is InChI=1S/C24H27FN4O/c1-28(17-18-7-3-2-4-8-18)16-6-15-26-24(30)23-21-9-5-10-22(21)29(27-23)20-13-11-19(25)12-14-20/h2-4,7-8,11-14H,5-6,9-10,15-17H2,1H3,(H,26,30). The molecule has 1 aliphatic rings. The number of fused-ring (bicyclic) bond motifs is 1. The second-order valence-electron chi connectivity index (χ2n) is 7.85. The molecule has 1 aromatic heterocycles. The lowest BCUT2D eigenvalue weighted by atomic mass is 10.2. The molecule has 156 valence electrons. The van der Waals surface area contributed by atoms with Crippen molar-refractivity contribution in [2.75, 3.05) is 20.1 Å². The van der Waals surface area contributed by atoms with E-state index in [4.69, 9.17) is 0 Å². The van der Waals surface area contributed by atoms with E-state index in [1.807, 2.05) is 18.2 Å². The maximum absolute atomic E-state index is 13.3. The van der Waals surface area contributed by atoms with Crippen LogP contribution in [0, 0.1) is 5.82 Å². The first kappa shape index (κ1) is 20.3. The summed E-state index contributed by atoms with van der Waals surface area (Å²) in [5, 5.41) is 7.59. The predicted octanol–water partition coefficient (Wildman–Crippen LogP) is 3.75. The van der Waals surface area contributed by atoms with Gasteiger partial charge in [0.05, 0.1) is 5.69 Å². The number of amides is 1. The third-order valence-corrected chi connectivity index (χ3v) is 5.51. The molecule has 5 nitrogen and oxygen atoms in total. The zero-order valence-corrected chi connectivity index (χ0v) is 17.3. The molecular weight excluding hydrogens is 379 g/mol. The zero-order chi connectivity index (χ0) is 20.9. The molecule has 0 spiro atoms. The van der Waals surface area contributed by atoms with Gasteiger partial charge in [-0.1, -0.05) is 30.3 Å². The van der Waals surface area contributed by atoms with E-state index in [2.05, 4.69) is 34.5 Å². The number of hydrogen-bond acceptors (Lipinski definition) is 3. The van der Waals surface area contributed by atoms with Crippen LogP contribution in [0.4, 0.5) is 4.39 Å². The van der Waals surface area contributed by atoms with Gasteiger partial charge in [0.1, 0.15) is 5.82 Å². The van der Waals surface area contributed by atoms with Gasteiger partial charge in [0.15, 0.2) is 5.69 Å². The number of carbonyl (C=O) groups excluding carboxylic acids is 1. The van der Waals surface area contributed by atoms with Crippen molar-refractivity contribution >= 4 is 5.91 Å². The molecule has 30 heavy (non-hydrogen) atoms. The minimum absolute atomic E-state index is 0.125. The van der Waals surface area contributed by atoms with Gasteiger partial charge in [-0.05, 0) is 69.1 Å². The molecule has 1 aliphatic carbocycles. The third-order valence-electron chi connectivity index (χ3n) is 5.51. The van der Waals surface area contributed by atoms with E-state index >= 15 is 0 Å². The normalized spacial score (nSPS) is 12.9. The summed E-state index contributed by atoms with van der Waals surface area (Å²) < 4.78 is 15.1. The van der Waals surface area contributed by atoms with Crippen LogP contribution in [0.1, 0.15) is 40.2 Å². The van der Waals surface area contributed by atoms with Crippen LogP contribution in [0.15, 0.2) is 54.6 Å². The topological polar surface area (TPSA) is 50.2 Å². The van der Waals surface area contributed by atoms with Crippen LogP contribution in [-0.2, 0) is 19.4 Å². The quantitative estimate of drug-likeness (QED) is 0.580. The molecule has 4 rings (SSSR count). The number of nitrogens with one attached hydrogen (secondary N) is 1. The Morgan fingerprint density at radius 2 is 1.90 bits per heavy atom. The van der Waals surface area contributed by atoms with E-state index in [0.717, 1.165) is 55.7 Å². The van der Waals surface area contributed by atoms with Gasteiger partial charge in [-0.2, -0.15) is 5.10 Å². The lowest BCUT2D eigenvalue weighted by Gasteiger charge is -2.16. The molecule has 2 aromatic carbocycles. The average molecular weight is 407 g/mol. The van der Waals surface area contributed by atoms with E-state index in [1.165, 1.54) is 17.7 Å². The van der Waals surface area contributed by atoms with Crippen LogP contribution in [0.3, 0.4) is 0 Å². The van der Waals surface area contributed by atoms with Gasteiger partial charge in [-0.15, -0.1) is 0 Å². The third kappa shape index (κ3) is 4.60. The van der Waals surface area contributed by atoms with Gasteiger partial charge in [-0.25, -0.2) is 9.07 Å². The van der Waals surface area contributed by atoms with Gasteiger partial charge in [0.2, 0.25) is 0 Å². The molecule has 3 aromatic rings. The lowest BCUT2D eigenvalue weighted by Crippen LogP contribution is -2.29. The Bertz CT molecular complexity index is 998. The van der Waals surface area contributed by atoms with Crippen molar-refractivity contribution in [3.8, 4) is 5.69 Å². The molecule has 1 amide bonds. The molecule has 0 aliphatic heterocycles. The number of hydrogen-bond donors (Lipinski definition) is 1. The van der Waals surface area contributed by atoms with Crippen LogP contribution in [0.25, 0.3) is 5.69 Å². The molecule has 0 atom stereocenters. The van der Waals surface area contributed by atoms with Crippen LogP contribution >= 0.6 is 0 Å². The fraction of sp³-hybridized carbons (Fsp3) is 0.333. The minimum Gasteiger partial charge on any atom is -0.351 e. The van der Waals surface area contributed by atoms with Crippen LogP contribution < -0.4 is 5.32 Å². The Morgan fingerprint density at radius 3 is 2.67 bits per heavy atom. The Labute approximate surface area is 176 Å². The van der Waals surface area contributed by atoms with Crippen molar-refractivity contribution in [3.63, 3.8) is 0 Å². The summed E-state index contributed by atoms with van der Waals surface area (Å²) in [6, 6.07) is 16.6. The first-order valence-corrected chi connectivity index (χ1v) is 10.5. The molecule has 1 heterocycles. The summed E-state index contributed by atoms with van der Waals surface area (Å²) in [5.41, 5.74) is 4.67. The molecule has 0 saturated carbocycles. The van der Waals surface area contributed by atoms with E-state index in [-0.39, 0.29) is 11.7 Å². The maximum atomic E-state index is 13.3. The minimum atomic E-state index is -0.280. The van der Waals surface area contributed by atoms with Crippen molar-refractivity contribution < 1.29 is 9.18 Å². The number of halogens is 1. The highest BCUT2D eigenvalue weighted by atomic mass is 19.1. The van der Waals surface area contributed by atoms with E-state index < -0.39 is 0 Å². The Kier molecular flexibility index (Phi) is 6.23. The molecule has 1 N–H and O–H groups in total. The monoisotopic (exact) mass is 406 g/mol. The van der Waals surface area contributed by atoms with Crippen LogP contribution in [0.5, 0.6) is 0 Å². The highest BCUT2D eigenvalue weighted by molar-refractivity contribution is 5.94. The number of nitrogens with zero attached hydrogens (tertiary/aromatic N) is 3. The van der Waals surface area contributed by atoms with Crippen molar-refractivity contribution in [3.05, 3.63) is 82.9 Å². The highest BCUT2D eigenvalue weighted by Crippen LogP contribution is 2.27. The Morgan fingerprint density at radius 1 is 1.13 bits per heavy atom. The highest BCUT2D eigenvalue weighted by Gasteiger charge is 2.26. The van der Waals surface area contributed by atoms with Crippen molar-refractivity contribution in [1.82, 2.24) is 20.0 Å². The summed E-state index contributed by atoms with van der Waals surface area (Å²) in [6.07, 6.45) is 3.63. The Balaban J connectivity index is 1.34. The first-order valence-electron chi connectivity index (χ1n) is 10.5. The number of rotatable bonds is 8. The van der Waals surface area contributed by atoms with E-state index in [1.54, 1.807) is 16.8 Å². The molecule has 0 bridgehead atoms. The Hall–Kier alpha value is -2.99. The molecule has 0 unspecified atom stereocenters. The van der Waals surface area contributed by atoms with E-state index in [0.29, 0.717) is 12.2 Å². The smallest absolute Gasteiger partial charge is 0.272 e. The summed E-state index contributed by atoms with van der Waals surface area (Å²) in [7, 11) is 2.09. The van der Waals surface area contributed by atoms with Crippen LogP contribution in [0.2, 0.25) is 0 Å². The molecule has 6 heteroatoms. The van der Waals surface area contributed by atoms with Gasteiger partial charge in [0, 0.05) is 24.3 Å². The number of carbonyl (C=O) groups is 1. The number of benzene rings is 2. The SMILES string of the molecule is CN(CCCNC(=O)c1nn(-c2ccc(F)cc2)c2c1CCC2)Cc1ccccc1. The summed E-state index contributed by atoms with van der Waals surface area (Å²) in [5.74, 6) is -0.405. The van der Waals surface area contributed by atoms with E-state index in [9.17, 15) is 9.18 Å². The molecule has 0 saturated heterocycles. The maximum Gasteiger partial charge on any atom is 0.272 e. The number of aromatic nitrogens is 2. The molecule has 0 radical (unpaired) electrons. The first-order chi connectivity index (χ1) is 14.6. The fourth-order valence-electron chi connectivity index (χ4n) is 4.02. The molecular formula is C24H27FN4O.